The van der Waals surface area contributed by atoms with E-state index in [1.54, 1.807) is 0 Å². The third-order valence-corrected chi connectivity index (χ3v) is 3.71. The largest absolute Gasteiger partial charge is 0.456 e. The number of nitrogens with one attached hydrogen (secondary N) is 1. The van der Waals surface area contributed by atoms with E-state index in [2.05, 4.69) is 5.32 Å². The molecule has 0 heterocycles. The first-order chi connectivity index (χ1) is 11.4. The molecule has 1 N–H and O–H groups in total. The van der Waals surface area contributed by atoms with Gasteiger partial charge in [0.15, 0.2) is 6.61 Å². The van der Waals surface area contributed by atoms with Crippen molar-refractivity contribution in [3.05, 3.63) is 65.2 Å². The van der Waals surface area contributed by atoms with Crippen LogP contribution in [0.5, 0.6) is 0 Å². The number of aryl methyl sites for hydroxylation is 2. The lowest BCUT2D eigenvalue weighted by Gasteiger charge is -2.12. The third kappa shape index (κ3) is 5.54. The molecule has 0 fully saturated rings. The summed E-state index contributed by atoms with van der Waals surface area (Å²) in [6.45, 7) is 5.63. The molecule has 0 radical (unpaired) electrons. The van der Waals surface area contributed by atoms with E-state index in [9.17, 15) is 9.59 Å². The van der Waals surface area contributed by atoms with Crippen molar-refractivity contribution >= 4 is 17.6 Å². The molecular formula is C20H23NO3. The fourth-order valence-corrected chi connectivity index (χ4v) is 2.60. The molecule has 126 valence electrons. The van der Waals surface area contributed by atoms with Gasteiger partial charge in [-0.05, 0) is 48.6 Å². The van der Waals surface area contributed by atoms with Gasteiger partial charge in [-0.25, -0.2) is 0 Å². The Bertz CT molecular complexity index is 690. The van der Waals surface area contributed by atoms with Crippen molar-refractivity contribution in [2.45, 2.75) is 33.1 Å². The summed E-state index contributed by atoms with van der Waals surface area (Å²) in [5, 5.41) is 2.75. The van der Waals surface area contributed by atoms with E-state index >= 15 is 0 Å². The van der Waals surface area contributed by atoms with E-state index in [1.165, 1.54) is 0 Å². The fraction of sp³-hybridized carbons (Fsp3) is 0.300. The predicted molar refractivity (Wildman–Crippen MR) is 95.0 cm³/mol. The van der Waals surface area contributed by atoms with Gasteiger partial charge in [0.05, 0.1) is 6.42 Å². The molecule has 0 bridgehead atoms. The van der Waals surface area contributed by atoms with Gasteiger partial charge >= 0.3 is 5.97 Å². The van der Waals surface area contributed by atoms with Crippen LogP contribution >= 0.6 is 0 Å². The Balaban J connectivity index is 1.80. The number of hydrogen-bond acceptors (Lipinski definition) is 3. The minimum Gasteiger partial charge on any atom is -0.456 e. The minimum absolute atomic E-state index is 0.0567. The minimum atomic E-state index is -0.373. The molecule has 24 heavy (non-hydrogen) atoms. The summed E-state index contributed by atoms with van der Waals surface area (Å²) in [6, 6.07) is 15.6. The van der Waals surface area contributed by atoms with Gasteiger partial charge in [-0.2, -0.15) is 0 Å². The zero-order valence-corrected chi connectivity index (χ0v) is 14.3. The molecule has 0 saturated heterocycles. The normalized spacial score (nSPS) is 11.6. The van der Waals surface area contributed by atoms with E-state index < -0.39 is 0 Å². The summed E-state index contributed by atoms with van der Waals surface area (Å²) >= 11 is 0. The maximum absolute atomic E-state index is 11.9. The lowest BCUT2D eigenvalue weighted by molar-refractivity contribution is -0.147. The molecule has 1 atom stereocenters. The van der Waals surface area contributed by atoms with E-state index in [0.717, 1.165) is 16.7 Å². The monoisotopic (exact) mass is 325 g/mol. The van der Waals surface area contributed by atoms with Crippen LogP contribution in [0.3, 0.4) is 0 Å². The van der Waals surface area contributed by atoms with Crippen molar-refractivity contribution < 1.29 is 14.3 Å². The Labute approximate surface area is 142 Å². The van der Waals surface area contributed by atoms with Crippen molar-refractivity contribution in [2.75, 3.05) is 11.9 Å². The smallest absolute Gasteiger partial charge is 0.306 e. The van der Waals surface area contributed by atoms with Crippen molar-refractivity contribution in [3.63, 3.8) is 0 Å². The van der Waals surface area contributed by atoms with Crippen molar-refractivity contribution in [1.82, 2.24) is 0 Å². The van der Waals surface area contributed by atoms with Gasteiger partial charge in [0.1, 0.15) is 0 Å². The maximum atomic E-state index is 11.9. The van der Waals surface area contributed by atoms with E-state index in [-0.39, 0.29) is 30.8 Å². The summed E-state index contributed by atoms with van der Waals surface area (Å²) in [4.78, 5) is 23.8. The maximum Gasteiger partial charge on any atom is 0.306 e. The molecule has 0 saturated carbocycles. The van der Waals surface area contributed by atoms with Gasteiger partial charge in [-0.3, -0.25) is 9.59 Å². The molecule has 0 spiro atoms. The highest BCUT2D eigenvalue weighted by Crippen LogP contribution is 2.19. The Morgan fingerprint density at radius 3 is 2.29 bits per heavy atom. The van der Waals surface area contributed by atoms with Crippen LogP contribution in [0.25, 0.3) is 0 Å². The highest BCUT2D eigenvalue weighted by Gasteiger charge is 2.13. The molecule has 0 aliphatic carbocycles. The number of anilines is 1. The van der Waals surface area contributed by atoms with E-state index in [1.807, 2.05) is 69.3 Å². The average molecular weight is 325 g/mol. The number of rotatable bonds is 6. The number of amides is 1. The van der Waals surface area contributed by atoms with Crippen LogP contribution in [0.4, 0.5) is 5.69 Å². The number of benzene rings is 2. The molecule has 4 nitrogen and oxygen atoms in total. The zero-order chi connectivity index (χ0) is 17.5. The summed E-state index contributed by atoms with van der Waals surface area (Å²) in [5.41, 5.74) is 3.93. The third-order valence-electron chi connectivity index (χ3n) is 3.71. The number of ether oxygens (including phenoxy) is 1. The summed E-state index contributed by atoms with van der Waals surface area (Å²) in [6.07, 6.45) is 0.251. The Morgan fingerprint density at radius 1 is 1.04 bits per heavy atom. The fourth-order valence-electron chi connectivity index (χ4n) is 2.60. The van der Waals surface area contributed by atoms with Crippen LogP contribution < -0.4 is 5.32 Å². The highest BCUT2D eigenvalue weighted by atomic mass is 16.5. The molecule has 0 aliphatic rings. The first-order valence-electron chi connectivity index (χ1n) is 8.03. The van der Waals surface area contributed by atoms with Crippen molar-refractivity contribution in [1.29, 1.82) is 0 Å². The molecule has 0 aliphatic heterocycles. The van der Waals surface area contributed by atoms with Crippen LogP contribution in [0.15, 0.2) is 48.5 Å². The molecule has 4 heteroatoms. The van der Waals surface area contributed by atoms with Crippen LogP contribution in [0, 0.1) is 13.8 Å². The van der Waals surface area contributed by atoms with Gasteiger partial charge in [-0.1, -0.05) is 43.3 Å². The van der Waals surface area contributed by atoms with Gasteiger partial charge < -0.3 is 10.1 Å². The SMILES string of the molecule is Cc1cc(C)cc(NC(=O)COC(=O)C[C@@H](C)c2ccccc2)c1. The van der Waals surface area contributed by atoms with E-state index in [4.69, 9.17) is 4.74 Å². The predicted octanol–water partition coefficient (Wildman–Crippen LogP) is 3.98. The first-order valence-corrected chi connectivity index (χ1v) is 8.03. The Hall–Kier alpha value is -2.62. The number of hydrogen-bond donors (Lipinski definition) is 1. The highest BCUT2D eigenvalue weighted by molar-refractivity contribution is 5.93. The first kappa shape index (κ1) is 17.7. The molecule has 0 aromatic heterocycles. The molecule has 0 unspecified atom stereocenters. The number of esters is 1. The molecule has 2 rings (SSSR count). The topological polar surface area (TPSA) is 55.4 Å². The van der Waals surface area contributed by atoms with E-state index in [0.29, 0.717) is 5.69 Å². The van der Waals surface area contributed by atoms with Gasteiger partial charge in [-0.15, -0.1) is 0 Å². The lowest BCUT2D eigenvalue weighted by atomic mass is 9.98. The van der Waals surface area contributed by atoms with Gasteiger partial charge in [0, 0.05) is 5.69 Å². The van der Waals surface area contributed by atoms with Gasteiger partial charge in [0.25, 0.3) is 5.91 Å². The lowest BCUT2D eigenvalue weighted by Crippen LogP contribution is -2.21. The standard InChI is InChI=1S/C20H23NO3/c1-14-9-15(2)11-18(10-14)21-19(22)13-24-20(23)12-16(3)17-7-5-4-6-8-17/h4-11,16H,12-13H2,1-3H3,(H,21,22)/t16-/m1/s1. The van der Waals surface area contributed by atoms with Crippen LogP contribution in [-0.4, -0.2) is 18.5 Å². The van der Waals surface area contributed by atoms with Crippen LogP contribution in [0.2, 0.25) is 0 Å². The zero-order valence-electron chi connectivity index (χ0n) is 14.3. The molecule has 2 aromatic carbocycles. The van der Waals surface area contributed by atoms with Crippen molar-refractivity contribution in [3.8, 4) is 0 Å². The van der Waals surface area contributed by atoms with Crippen molar-refractivity contribution in [2.24, 2.45) is 0 Å². The second-order valence-electron chi connectivity index (χ2n) is 6.10. The Morgan fingerprint density at radius 2 is 1.67 bits per heavy atom. The summed E-state index contributed by atoms with van der Waals surface area (Å²) in [5.74, 6) is -0.649. The van der Waals surface area contributed by atoms with Gasteiger partial charge in [0.2, 0.25) is 0 Å². The second kappa shape index (κ2) is 8.29. The number of carbonyl (C=O) groups is 2. The molecular weight excluding hydrogens is 302 g/mol. The molecule has 2 aromatic rings. The van der Waals surface area contributed by atoms with Crippen LogP contribution in [-0.2, 0) is 14.3 Å². The summed E-state index contributed by atoms with van der Waals surface area (Å²) < 4.78 is 5.08. The van der Waals surface area contributed by atoms with Crippen LogP contribution in [0.1, 0.15) is 36.0 Å². The summed E-state index contributed by atoms with van der Waals surface area (Å²) in [7, 11) is 0. The average Bonchev–Trinajstić information content (AvgIpc) is 2.53. The quantitative estimate of drug-likeness (QED) is 0.817. The molecule has 1 amide bonds. The number of carbonyl (C=O) groups excluding carboxylic acids is 2. The Kier molecular flexibility index (Phi) is 6.13. The second-order valence-corrected chi connectivity index (χ2v) is 6.10.